The predicted molar refractivity (Wildman–Crippen MR) is 156 cm³/mol. The zero-order valence-corrected chi connectivity index (χ0v) is 25.3. The standard InChI is InChI=1S/C29H42N6O4S/c1-28(2,3)19-35-23-9-8-22(31-26(23)33(6)27(35)36)20-11-12-29(4,5)24(17-20)32-40(37,38)21-7-10-25(30-18-21)34-13-15-39-16-14-34/h7-10,18,20,24,32H,11-17,19H2,1-6H3. The van der Waals surface area contributed by atoms with Crippen molar-refractivity contribution in [1.29, 1.82) is 0 Å². The molecule has 0 spiro atoms. The third-order valence-corrected chi connectivity index (χ3v) is 9.77. The second-order valence-electron chi connectivity index (χ2n) is 13.2. The Kier molecular flexibility index (Phi) is 7.60. The van der Waals surface area contributed by atoms with Crippen LogP contribution in [0.5, 0.6) is 0 Å². The van der Waals surface area contributed by atoms with Crippen molar-refractivity contribution in [3.05, 3.63) is 46.6 Å². The number of morpholine rings is 1. The number of pyridine rings is 2. The number of imidazole rings is 1. The molecule has 1 saturated heterocycles. The average molecular weight is 571 g/mol. The van der Waals surface area contributed by atoms with Gasteiger partial charge in [0.05, 0.1) is 18.7 Å². The van der Waals surface area contributed by atoms with E-state index in [9.17, 15) is 13.2 Å². The Morgan fingerprint density at radius 3 is 2.50 bits per heavy atom. The van der Waals surface area contributed by atoms with Gasteiger partial charge in [-0.3, -0.25) is 9.13 Å². The van der Waals surface area contributed by atoms with E-state index in [4.69, 9.17) is 9.72 Å². The third kappa shape index (κ3) is 5.82. The van der Waals surface area contributed by atoms with Crippen LogP contribution in [0, 0.1) is 10.8 Å². The smallest absolute Gasteiger partial charge is 0.330 e. The van der Waals surface area contributed by atoms with Crippen LogP contribution in [0.2, 0.25) is 0 Å². The van der Waals surface area contributed by atoms with Crippen LogP contribution in [-0.4, -0.2) is 59.9 Å². The lowest BCUT2D eigenvalue weighted by Gasteiger charge is -2.42. The van der Waals surface area contributed by atoms with Crippen molar-refractivity contribution in [2.75, 3.05) is 31.2 Å². The number of aromatic nitrogens is 4. The monoisotopic (exact) mass is 570 g/mol. The summed E-state index contributed by atoms with van der Waals surface area (Å²) in [6.07, 6.45) is 3.82. The van der Waals surface area contributed by atoms with E-state index in [1.165, 1.54) is 6.20 Å². The summed E-state index contributed by atoms with van der Waals surface area (Å²) in [5, 5.41) is 0. The maximum atomic E-state index is 13.5. The molecule has 1 N–H and O–H groups in total. The van der Waals surface area contributed by atoms with E-state index in [0.717, 1.165) is 43.0 Å². The van der Waals surface area contributed by atoms with E-state index in [1.54, 1.807) is 28.3 Å². The Bertz CT molecular complexity index is 1530. The summed E-state index contributed by atoms with van der Waals surface area (Å²) in [6, 6.07) is 7.12. The van der Waals surface area contributed by atoms with Gasteiger partial charge in [0.15, 0.2) is 5.65 Å². The molecular formula is C29H42N6O4S. The molecule has 10 nitrogen and oxygen atoms in total. The fourth-order valence-corrected chi connectivity index (χ4v) is 7.19. The van der Waals surface area contributed by atoms with Crippen molar-refractivity contribution in [3.8, 4) is 0 Å². The fraction of sp³-hybridized carbons (Fsp3) is 0.621. The lowest BCUT2D eigenvalue weighted by molar-refractivity contribution is 0.122. The number of rotatable bonds is 6. The van der Waals surface area contributed by atoms with Crippen molar-refractivity contribution in [2.24, 2.45) is 17.9 Å². The van der Waals surface area contributed by atoms with Gasteiger partial charge in [-0.1, -0.05) is 34.6 Å². The van der Waals surface area contributed by atoms with Crippen LogP contribution in [0.3, 0.4) is 0 Å². The van der Waals surface area contributed by atoms with Gasteiger partial charge < -0.3 is 9.64 Å². The van der Waals surface area contributed by atoms with Crippen LogP contribution >= 0.6 is 0 Å². The van der Waals surface area contributed by atoms with E-state index in [1.807, 2.05) is 12.1 Å². The third-order valence-electron chi connectivity index (χ3n) is 8.32. The number of hydrogen-bond acceptors (Lipinski definition) is 7. The molecule has 0 bridgehead atoms. The molecule has 3 aromatic rings. The summed E-state index contributed by atoms with van der Waals surface area (Å²) >= 11 is 0. The number of aryl methyl sites for hydroxylation is 1. The predicted octanol–water partition coefficient (Wildman–Crippen LogP) is 3.65. The highest BCUT2D eigenvalue weighted by atomic mass is 32.2. The highest BCUT2D eigenvalue weighted by Crippen LogP contribution is 2.43. The van der Waals surface area contributed by atoms with Crippen molar-refractivity contribution >= 4 is 27.0 Å². The number of fused-ring (bicyclic) bond motifs is 1. The molecule has 1 saturated carbocycles. The molecule has 0 radical (unpaired) electrons. The second-order valence-corrected chi connectivity index (χ2v) is 14.9. The largest absolute Gasteiger partial charge is 0.378 e. The summed E-state index contributed by atoms with van der Waals surface area (Å²) in [5.74, 6) is 0.834. The fourth-order valence-electron chi connectivity index (χ4n) is 5.83. The van der Waals surface area contributed by atoms with Gasteiger partial charge in [-0.05, 0) is 54.4 Å². The zero-order valence-electron chi connectivity index (χ0n) is 24.5. The van der Waals surface area contributed by atoms with Gasteiger partial charge in [0.1, 0.15) is 10.7 Å². The molecule has 2 atom stereocenters. The first-order valence-corrected chi connectivity index (χ1v) is 15.6. The topological polar surface area (TPSA) is 111 Å². The van der Waals surface area contributed by atoms with Gasteiger partial charge in [0, 0.05) is 50.5 Å². The Hall–Kier alpha value is -2.76. The molecular weight excluding hydrogens is 528 g/mol. The van der Waals surface area contributed by atoms with Crippen LogP contribution in [0.1, 0.15) is 65.5 Å². The second kappa shape index (κ2) is 10.6. The van der Waals surface area contributed by atoms with Crippen molar-refractivity contribution in [1.82, 2.24) is 23.8 Å². The van der Waals surface area contributed by atoms with E-state index < -0.39 is 10.0 Å². The molecule has 1 aliphatic heterocycles. The molecule has 40 heavy (non-hydrogen) atoms. The minimum absolute atomic E-state index is 0.0472. The first kappa shape index (κ1) is 28.8. The minimum Gasteiger partial charge on any atom is -0.378 e. The van der Waals surface area contributed by atoms with Crippen molar-refractivity contribution in [2.45, 2.75) is 77.3 Å². The molecule has 1 aliphatic carbocycles. The highest BCUT2D eigenvalue weighted by molar-refractivity contribution is 7.89. The summed E-state index contributed by atoms with van der Waals surface area (Å²) in [7, 11) is -2.01. The summed E-state index contributed by atoms with van der Waals surface area (Å²) in [4.78, 5) is 24.6. The molecule has 11 heteroatoms. The molecule has 2 fully saturated rings. The van der Waals surface area contributed by atoms with Crippen LogP contribution in [0.15, 0.2) is 40.2 Å². The SMILES string of the molecule is Cn1c(=O)n(CC(C)(C)C)c2ccc(C3CCC(C)(C)C(NS(=O)(=O)c4ccc(N5CCOCC5)nc4)C3)nc21. The van der Waals surface area contributed by atoms with E-state index >= 15 is 0 Å². The Balaban J connectivity index is 1.36. The molecule has 218 valence electrons. The summed E-state index contributed by atoms with van der Waals surface area (Å²) in [5.41, 5.74) is 2.05. The van der Waals surface area contributed by atoms with Gasteiger partial charge in [-0.15, -0.1) is 0 Å². The lowest BCUT2D eigenvalue weighted by atomic mass is 9.69. The zero-order chi connectivity index (χ0) is 28.9. The maximum Gasteiger partial charge on any atom is 0.330 e. The summed E-state index contributed by atoms with van der Waals surface area (Å²) in [6.45, 7) is 13.9. The van der Waals surface area contributed by atoms with Gasteiger partial charge in [0.2, 0.25) is 10.0 Å². The first-order valence-electron chi connectivity index (χ1n) is 14.1. The van der Waals surface area contributed by atoms with Gasteiger partial charge in [-0.2, -0.15) is 0 Å². The lowest BCUT2D eigenvalue weighted by Crippen LogP contribution is -2.48. The van der Waals surface area contributed by atoms with Crippen molar-refractivity contribution in [3.63, 3.8) is 0 Å². The number of anilines is 1. The normalized spacial score (nSPS) is 22.1. The van der Waals surface area contributed by atoms with Crippen molar-refractivity contribution < 1.29 is 13.2 Å². The average Bonchev–Trinajstić information content (AvgIpc) is 3.13. The molecule has 5 rings (SSSR count). The Labute approximate surface area is 236 Å². The van der Waals surface area contributed by atoms with Gasteiger partial charge in [0.25, 0.3) is 0 Å². The van der Waals surface area contributed by atoms with Crippen LogP contribution in [0.4, 0.5) is 5.82 Å². The number of nitrogens with one attached hydrogen (secondary N) is 1. The quantitative estimate of drug-likeness (QED) is 0.482. The Morgan fingerprint density at radius 2 is 1.85 bits per heavy atom. The van der Waals surface area contributed by atoms with Crippen LogP contribution < -0.4 is 15.3 Å². The molecule has 2 unspecified atom stereocenters. The molecule has 2 aliphatic rings. The van der Waals surface area contributed by atoms with E-state index in [2.05, 4.69) is 49.2 Å². The maximum absolute atomic E-state index is 13.5. The van der Waals surface area contributed by atoms with Crippen LogP contribution in [-0.2, 0) is 28.4 Å². The van der Waals surface area contributed by atoms with E-state index in [-0.39, 0.29) is 33.4 Å². The Morgan fingerprint density at radius 1 is 1.12 bits per heavy atom. The van der Waals surface area contributed by atoms with Gasteiger partial charge in [-0.25, -0.2) is 27.9 Å². The first-order chi connectivity index (χ1) is 18.7. The van der Waals surface area contributed by atoms with Gasteiger partial charge >= 0.3 is 5.69 Å². The number of nitrogens with zero attached hydrogens (tertiary/aromatic N) is 5. The molecule has 3 aromatic heterocycles. The number of hydrogen-bond donors (Lipinski definition) is 1. The summed E-state index contributed by atoms with van der Waals surface area (Å²) < 4.78 is 38.7. The number of ether oxygens (including phenoxy) is 1. The molecule has 0 amide bonds. The molecule has 4 heterocycles. The highest BCUT2D eigenvalue weighted by Gasteiger charge is 2.40. The number of sulfonamides is 1. The molecule has 0 aromatic carbocycles. The minimum atomic E-state index is -3.77. The van der Waals surface area contributed by atoms with E-state index in [0.29, 0.717) is 31.8 Å². The van der Waals surface area contributed by atoms with Crippen LogP contribution in [0.25, 0.3) is 11.2 Å².